The number of hydrogen-bond donors (Lipinski definition) is 3. The molecule has 0 radical (unpaired) electrons. The highest BCUT2D eigenvalue weighted by Gasteiger charge is 2.59. The van der Waals surface area contributed by atoms with E-state index >= 15 is 8.78 Å². The molecule has 0 saturated carbocycles. The average molecular weight is 736 g/mol. The third-order valence-electron chi connectivity index (χ3n) is 8.84. The molecule has 0 fully saturated rings. The lowest BCUT2D eigenvalue weighted by Crippen LogP contribution is -2.35. The number of aromatic nitrogens is 5. The van der Waals surface area contributed by atoms with Crippen LogP contribution >= 0.6 is 0 Å². The Morgan fingerprint density at radius 1 is 1.09 bits per heavy atom. The van der Waals surface area contributed by atoms with Gasteiger partial charge in [-0.25, -0.2) is 13.8 Å². The van der Waals surface area contributed by atoms with Crippen LogP contribution in [0.2, 0.25) is 0 Å². The van der Waals surface area contributed by atoms with Crippen LogP contribution in [0.25, 0.3) is 27.6 Å². The van der Waals surface area contributed by atoms with Crippen molar-refractivity contribution in [3.8, 4) is 23.0 Å². The van der Waals surface area contributed by atoms with Crippen LogP contribution in [-0.4, -0.2) is 41.2 Å². The molecule has 53 heavy (non-hydrogen) atoms. The summed E-state index contributed by atoms with van der Waals surface area (Å²) in [6.07, 6.45) is -4.48. The molecular formula is C37H28F7N7O2. The Morgan fingerprint density at radius 3 is 2.45 bits per heavy atom. The molecule has 2 atom stereocenters. The van der Waals surface area contributed by atoms with Gasteiger partial charge in [0.25, 0.3) is 0 Å². The minimum atomic E-state index is -5.12. The number of nitrogens with two attached hydrogens (primary N) is 1. The van der Waals surface area contributed by atoms with Gasteiger partial charge in [-0.1, -0.05) is 18.1 Å². The number of carbonyl (C=O) groups is 1. The van der Waals surface area contributed by atoms with Crippen LogP contribution in [-0.2, 0) is 36.9 Å². The predicted octanol–water partition coefficient (Wildman–Crippen LogP) is 6.21. The molecule has 9 nitrogen and oxygen atoms in total. The van der Waals surface area contributed by atoms with Crippen LogP contribution in [0.15, 0.2) is 60.3 Å². The van der Waals surface area contributed by atoms with Gasteiger partial charge in [-0.15, -0.1) is 5.73 Å². The number of amides is 1. The lowest BCUT2D eigenvalue weighted by molar-refractivity contribution is -0.142. The van der Waals surface area contributed by atoms with E-state index in [9.17, 15) is 31.9 Å². The van der Waals surface area contributed by atoms with Crippen LogP contribution in [0.4, 0.5) is 36.6 Å². The number of para-hydroxylation sites is 1. The van der Waals surface area contributed by atoms with Crippen LogP contribution in [0.3, 0.4) is 0 Å². The molecule has 272 valence electrons. The standard InChI is InChI=1S/C37H28F7N7O2/c1-35(2,53)12-11-21-7-8-22(23-5-4-6-25-31(23)50(3)49-34(25)45)30(46-21)27(15-18-13-19(38)16-20(39)14-18)47-28(52)17-51-33-29(32(48-51)37(42,43)44)24-9-10-26(24)36(33,40)41/h4-8,10,13-14,16,26-27,53H,15,17H2,1-3H3,(H2,45,49)(H,47,52). The lowest BCUT2D eigenvalue weighted by Gasteiger charge is -2.24. The van der Waals surface area contributed by atoms with Gasteiger partial charge >= 0.3 is 12.1 Å². The van der Waals surface area contributed by atoms with Crippen LogP contribution < -0.4 is 11.1 Å². The van der Waals surface area contributed by atoms with E-state index in [-0.39, 0.29) is 34.8 Å². The predicted molar refractivity (Wildman–Crippen MR) is 179 cm³/mol. The van der Waals surface area contributed by atoms with Gasteiger partial charge in [0.2, 0.25) is 5.91 Å². The Labute approximate surface area is 296 Å². The number of alkyl halides is 5. The van der Waals surface area contributed by atoms with E-state index in [1.165, 1.54) is 18.5 Å². The van der Waals surface area contributed by atoms with E-state index in [1.807, 2.05) is 0 Å². The summed E-state index contributed by atoms with van der Waals surface area (Å²) in [6, 6.07) is 9.71. The fourth-order valence-corrected chi connectivity index (χ4v) is 6.67. The van der Waals surface area contributed by atoms with Crippen LogP contribution in [0.1, 0.15) is 53.8 Å². The molecule has 2 unspecified atom stereocenters. The number of nitrogens with zero attached hydrogens (tertiary/aromatic N) is 5. The number of hydrogen-bond acceptors (Lipinski definition) is 6. The quantitative estimate of drug-likeness (QED) is 0.104. The van der Waals surface area contributed by atoms with Gasteiger partial charge in [0, 0.05) is 40.8 Å². The van der Waals surface area contributed by atoms with E-state index < -0.39 is 70.7 Å². The van der Waals surface area contributed by atoms with E-state index in [4.69, 9.17) is 5.73 Å². The molecule has 2 aliphatic rings. The maximum Gasteiger partial charge on any atom is 0.435 e. The molecule has 7 rings (SSSR count). The Kier molecular flexibility index (Phi) is 8.27. The molecule has 5 aromatic rings. The number of halogens is 7. The number of anilines is 1. The zero-order valence-corrected chi connectivity index (χ0v) is 28.1. The first kappa shape index (κ1) is 35.5. The second kappa shape index (κ2) is 12.4. The summed E-state index contributed by atoms with van der Waals surface area (Å²) in [5.41, 5.74) is 4.98. The number of rotatable bonds is 7. The largest absolute Gasteiger partial charge is 0.435 e. The molecule has 0 saturated heterocycles. The highest BCUT2D eigenvalue weighted by atomic mass is 19.4. The van der Waals surface area contributed by atoms with Gasteiger partial charge in [0.05, 0.1) is 23.2 Å². The molecule has 0 spiro atoms. The Morgan fingerprint density at radius 2 is 1.81 bits per heavy atom. The monoisotopic (exact) mass is 735 g/mol. The Hall–Kier alpha value is -5.91. The fourth-order valence-electron chi connectivity index (χ4n) is 6.67. The van der Waals surface area contributed by atoms with Crippen molar-refractivity contribution in [2.24, 2.45) is 13.0 Å². The van der Waals surface area contributed by atoms with Crippen molar-refractivity contribution in [2.75, 3.05) is 5.73 Å². The molecule has 2 aromatic carbocycles. The highest BCUT2D eigenvalue weighted by Crippen LogP contribution is 2.58. The van der Waals surface area contributed by atoms with E-state index in [1.54, 1.807) is 37.4 Å². The van der Waals surface area contributed by atoms with E-state index in [0.29, 0.717) is 32.8 Å². The van der Waals surface area contributed by atoms with Gasteiger partial charge in [0.1, 0.15) is 35.2 Å². The molecule has 3 heterocycles. The number of allylic oxidation sites excluding steroid dienone is 1. The number of pyridine rings is 1. The van der Waals surface area contributed by atoms with Crippen LogP contribution in [0.5, 0.6) is 0 Å². The van der Waals surface area contributed by atoms with E-state index in [0.717, 1.165) is 18.2 Å². The van der Waals surface area contributed by atoms with Crippen molar-refractivity contribution in [2.45, 2.75) is 50.6 Å². The van der Waals surface area contributed by atoms with Crippen molar-refractivity contribution in [1.82, 2.24) is 29.9 Å². The SMILES string of the molecule is Cn1nc(N)c2cccc(-c3ccc(C#CC(C)(C)O)nc3C(Cc3cc(F)cc(F)c3)NC(=O)Cn3nc(C(F)(F)F)c4c3C(F)(F)C3C=C=C43)c21. The minimum absolute atomic E-state index is 0.0528. The fraction of sp³-hybridized carbons (Fsp3) is 0.270. The molecular weight excluding hydrogens is 707 g/mol. The molecule has 0 aliphatic heterocycles. The number of nitrogens with one attached hydrogen (secondary N) is 1. The summed E-state index contributed by atoms with van der Waals surface area (Å²) in [5.74, 6) is -2.76. The summed E-state index contributed by atoms with van der Waals surface area (Å²) in [7, 11) is 1.65. The topological polar surface area (TPSA) is 124 Å². The van der Waals surface area contributed by atoms with Gasteiger partial charge < -0.3 is 16.2 Å². The summed E-state index contributed by atoms with van der Waals surface area (Å²) < 4.78 is 104. The number of carbonyl (C=O) groups excluding carboxylic acids is 1. The summed E-state index contributed by atoms with van der Waals surface area (Å²) >= 11 is 0. The maximum atomic E-state index is 15.5. The average Bonchev–Trinajstić information content (AvgIpc) is 3.59. The van der Waals surface area contributed by atoms with Crippen molar-refractivity contribution >= 4 is 28.2 Å². The van der Waals surface area contributed by atoms with Crippen molar-refractivity contribution in [3.05, 3.63) is 106 Å². The molecule has 3 aromatic heterocycles. The number of aliphatic hydroxyl groups is 1. The Bertz CT molecular complexity index is 2450. The van der Waals surface area contributed by atoms with Gasteiger partial charge in [-0.3, -0.25) is 14.2 Å². The third kappa shape index (κ3) is 6.42. The third-order valence-corrected chi connectivity index (χ3v) is 8.84. The van der Waals surface area contributed by atoms with Crippen molar-refractivity contribution in [1.29, 1.82) is 0 Å². The van der Waals surface area contributed by atoms with Crippen LogP contribution in [0, 0.1) is 29.4 Å². The van der Waals surface area contributed by atoms with Crippen molar-refractivity contribution in [3.63, 3.8) is 0 Å². The molecule has 0 bridgehead atoms. The van der Waals surface area contributed by atoms with Gasteiger partial charge in [-0.2, -0.15) is 32.1 Å². The first-order valence-corrected chi connectivity index (χ1v) is 16.1. The van der Waals surface area contributed by atoms with Gasteiger partial charge in [0.15, 0.2) is 11.5 Å². The normalized spacial score (nSPS) is 16.4. The molecule has 16 heteroatoms. The Balaban J connectivity index is 1.37. The number of aryl methyl sites for hydroxylation is 1. The molecule has 2 aliphatic carbocycles. The first-order chi connectivity index (χ1) is 24.8. The smallest absolute Gasteiger partial charge is 0.382 e. The molecule has 1 amide bonds. The first-order valence-electron chi connectivity index (χ1n) is 16.1. The van der Waals surface area contributed by atoms with Gasteiger partial charge in [-0.05, 0) is 68.2 Å². The molecule has 4 N–H and O–H groups in total. The lowest BCUT2D eigenvalue weighted by atomic mass is 9.90. The summed E-state index contributed by atoms with van der Waals surface area (Å²) in [6.45, 7) is 1.81. The number of fused-ring (bicyclic) bond motifs is 4. The highest BCUT2D eigenvalue weighted by molar-refractivity contribution is 6.00. The van der Waals surface area contributed by atoms with E-state index in [2.05, 4.69) is 38.1 Å². The zero-order valence-electron chi connectivity index (χ0n) is 28.1. The number of benzene rings is 2. The van der Waals surface area contributed by atoms with Crippen molar-refractivity contribution < 1.29 is 40.6 Å². The summed E-state index contributed by atoms with van der Waals surface area (Å²) in [5, 5.41) is 21.2. The summed E-state index contributed by atoms with van der Waals surface area (Å²) in [4.78, 5) is 18.5. The zero-order chi connectivity index (χ0) is 38.2. The number of nitrogen functional groups attached to an aromatic ring is 1. The maximum absolute atomic E-state index is 15.5. The second-order valence-electron chi connectivity index (χ2n) is 13.3. The second-order valence-corrected chi connectivity index (χ2v) is 13.3. The minimum Gasteiger partial charge on any atom is -0.382 e.